The summed E-state index contributed by atoms with van der Waals surface area (Å²) in [5.41, 5.74) is 2.92. The minimum Gasteiger partial charge on any atom is -0.353 e. The third kappa shape index (κ3) is 5.04. The number of nitrogens with one attached hydrogen (secondary N) is 2. The van der Waals surface area contributed by atoms with Crippen molar-refractivity contribution in [2.75, 3.05) is 13.1 Å². The van der Waals surface area contributed by atoms with Gasteiger partial charge in [0.15, 0.2) is 0 Å². The maximum Gasteiger partial charge on any atom is 0.244 e. The predicted molar refractivity (Wildman–Crippen MR) is 106 cm³/mol. The van der Waals surface area contributed by atoms with Gasteiger partial charge < -0.3 is 15.2 Å². The Bertz CT molecular complexity index is 961. The van der Waals surface area contributed by atoms with E-state index in [0.717, 1.165) is 22.4 Å². The van der Waals surface area contributed by atoms with Gasteiger partial charge in [0.25, 0.3) is 0 Å². The quantitative estimate of drug-likeness (QED) is 0.633. The summed E-state index contributed by atoms with van der Waals surface area (Å²) in [5.74, 6) is 0.383. The summed E-state index contributed by atoms with van der Waals surface area (Å²) in [5, 5.41) is 5.40. The van der Waals surface area contributed by atoms with Crippen LogP contribution in [0.1, 0.15) is 11.4 Å². The number of amides is 2. The highest BCUT2D eigenvalue weighted by Crippen LogP contribution is 2.14. The lowest BCUT2D eigenvalue weighted by Crippen LogP contribution is -2.37. The summed E-state index contributed by atoms with van der Waals surface area (Å²) in [6, 6.07) is 17.4. The molecular formula is C21H22N4O2. The van der Waals surface area contributed by atoms with Gasteiger partial charge in [-0.25, -0.2) is 4.98 Å². The Hall–Kier alpha value is -3.41. The second kappa shape index (κ2) is 8.80. The Kier molecular flexibility index (Phi) is 5.99. The standard InChI is InChI=1S/C21H22N4O2/c1-16-24-18-9-5-6-10-19(18)25(16)14-13-22-21(27)15-23-20(26)12-11-17-7-3-2-4-8-17/h2-12H,13-15H2,1H3,(H,22,27)(H,23,26)/b12-11+. The maximum atomic E-state index is 11.9. The van der Waals surface area contributed by atoms with E-state index in [-0.39, 0.29) is 18.4 Å². The zero-order valence-electron chi connectivity index (χ0n) is 15.2. The van der Waals surface area contributed by atoms with Crippen LogP contribution in [0.2, 0.25) is 0 Å². The number of aryl methyl sites for hydroxylation is 1. The van der Waals surface area contributed by atoms with E-state index < -0.39 is 0 Å². The van der Waals surface area contributed by atoms with Gasteiger partial charge >= 0.3 is 0 Å². The van der Waals surface area contributed by atoms with Crippen LogP contribution < -0.4 is 10.6 Å². The van der Waals surface area contributed by atoms with E-state index in [2.05, 4.69) is 20.2 Å². The van der Waals surface area contributed by atoms with Crippen molar-refractivity contribution in [2.45, 2.75) is 13.5 Å². The second-order valence-electron chi connectivity index (χ2n) is 6.11. The second-order valence-corrected chi connectivity index (χ2v) is 6.11. The molecule has 1 aromatic heterocycles. The molecule has 3 rings (SSSR count). The number of carbonyl (C=O) groups is 2. The molecule has 1 heterocycles. The number of imidazole rings is 1. The number of hydrogen-bond donors (Lipinski definition) is 2. The van der Waals surface area contributed by atoms with Crippen molar-refractivity contribution in [3.63, 3.8) is 0 Å². The summed E-state index contributed by atoms with van der Waals surface area (Å²) in [4.78, 5) is 28.2. The van der Waals surface area contributed by atoms with Gasteiger partial charge in [-0.05, 0) is 30.7 Å². The molecule has 0 aliphatic carbocycles. The molecule has 0 bridgehead atoms. The third-order valence-corrected chi connectivity index (χ3v) is 4.15. The minimum absolute atomic E-state index is 0.0539. The smallest absolute Gasteiger partial charge is 0.244 e. The summed E-state index contributed by atoms with van der Waals surface area (Å²) >= 11 is 0. The molecule has 138 valence electrons. The van der Waals surface area contributed by atoms with Gasteiger partial charge in [0.05, 0.1) is 17.6 Å². The van der Waals surface area contributed by atoms with Crippen LogP contribution in [0.5, 0.6) is 0 Å². The fourth-order valence-corrected chi connectivity index (χ4v) is 2.81. The predicted octanol–water partition coefficient (Wildman–Crippen LogP) is 2.29. The molecule has 2 amide bonds. The third-order valence-electron chi connectivity index (χ3n) is 4.15. The van der Waals surface area contributed by atoms with Gasteiger partial charge in [0.2, 0.25) is 11.8 Å². The molecule has 0 atom stereocenters. The van der Waals surface area contributed by atoms with Gasteiger partial charge in [-0.15, -0.1) is 0 Å². The lowest BCUT2D eigenvalue weighted by Gasteiger charge is -2.09. The summed E-state index contributed by atoms with van der Waals surface area (Å²) in [6.07, 6.45) is 3.13. The highest BCUT2D eigenvalue weighted by Gasteiger charge is 2.07. The number of carbonyl (C=O) groups excluding carboxylic acids is 2. The van der Waals surface area contributed by atoms with Crippen molar-refractivity contribution >= 4 is 28.9 Å². The number of fused-ring (bicyclic) bond motifs is 1. The normalized spacial score (nSPS) is 11.0. The minimum atomic E-state index is -0.301. The summed E-state index contributed by atoms with van der Waals surface area (Å²) in [7, 11) is 0. The Balaban J connectivity index is 1.42. The summed E-state index contributed by atoms with van der Waals surface area (Å²) in [6.45, 7) is 2.98. The molecule has 6 nitrogen and oxygen atoms in total. The van der Waals surface area contributed by atoms with Crippen molar-refractivity contribution in [3.05, 3.63) is 72.1 Å². The van der Waals surface area contributed by atoms with Crippen LogP contribution in [0.3, 0.4) is 0 Å². The highest BCUT2D eigenvalue weighted by molar-refractivity contribution is 5.94. The Morgan fingerprint density at radius 1 is 1.04 bits per heavy atom. The molecule has 0 fully saturated rings. The Labute approximate surface area is 157 Å². The first kappa shape index (κ1) is 18.4. The monoisotopic (exact) mass is 362 g/mol. The molecule has 0 unspecified atom stereocenters. The number of nitrogens with zero attached hydrogens (tertiary/aromatic N) is 2. The molecule has 2 aromatic carbocycles. The lowest BCUT2D eigenvalue weighted by atomic mass is 10.2. The van der Waals surface area contributed by atoms with E-state index >= 15 is 0 Å². The molecule has 3 aromatic rings. The zero-order valence-corrected chi connectivity index (χ0v) is 15.2. The average Bonchev–Trinajstić information content (AvgIpc) is 3.01. The first-order valence-corrected chi connectivity index (χ1v) is 8.83. The topological polar surface area (TPSA) is 76.0 Å². The molecule has 0 radical (unpaired) electrons. The van der Waals surface area contributed by atoms with E-state index in [1.165, 1.54) is 6.08 Å². The van der Waals surface area contributed by atoms with Crippen LogP contribution in [-0.2, 0) is 16.1 Å². The van der Waals surface area contributed by atoms with Crippen LogP contribution in [-0.4, -0.2) is 34.5 Å². The average molecular weight is 362 g/mol. The SMILES string of the molecule is Cc1nc2ccccc2n1CCNC(=O)CNC(=O)/C=C/c1ccccc1. The highest BCUT2D eigenvalue weighted by atomic mass is 16.2. The molecule has 0 aliphatic rings. The van der Waals surface area contributed by atoms with Crippen LogP contribution in [0, 0.1) is 6.92 Å². The molecule has 27 heavy (non-hydrogen) atoms. The van der Waals surface area contributed by atoms with Crippen LogP contribution in [0.15, 0.2) is 60.7 Å². The Morgan fingerprint density at radius 3 is 2.59 bits per heavy atom. The fourth-order valence-electron chi connectivity index (χ4n) is 2.81. The summed E-state index contributed by atoms with van der Waals surface area (Å²) < 4.78 is 2.07. The molecular weight excluding hydrogens is 340 g/mol. The van der Waals surface area contributed by atoms with Crippen LogP contribution >= 0.6 is 0 Å². The Morgan fingerprint density at radius 2 is 1.78 bits per heavy atom. The molecule has 0 saturated heterocycles. The van der Waals surface area contributed by atoms with E-state index in [1.54, 1.807) is 6.08 Å². The van der Waals surface area contributed by atoms with E-state index in [0.29, 0.717) is 13.1 Å². The van der Waals surface area contributed by atoms with Crippen molar-refractivity contribution in [2.24, 2.45) is 0 Å². The number of aromatic nitrogens is 2. The van der Waals surface area contributed by atoms with Gasteiger partial charge in [-0.3, -0.25) is 9.59 Å². The van der Waals surface area contributed by atoms with Crippen LogP contribution in [0.25, 0.3) is 17.1 Å². The first-order valence-electron chi connectivity index (χ1n) is 8.83. The molecule has 6 heteroatoms. The van der Waals surface area contributed by atoms with Gasteiger partial charge in [0.1, 0.15) is 5.82 Å². The van der Waals surface area contributed by atoms with Gasteiger partial charge in [0, 0.05) is 19.2 Å². The van der Waals surface area contributed by atoms with E-state index in [4.69, 9.17) is 0 Å². The van der Waals surface area contributed by atoms with Crippen molar-refractivity contribution in [1.82, 2.24) is 20.2 Å². The van der Waals surface area contributed by atoms with Gasteiger partial charge in [-0.2, -0.15) is 0 Å². The number of hydrogen-bond acceptors (Lipinski definition) is 3. The molecule has 2 N–H and O–H groups in total. The van der Waals surface area contributed by atoms with Crippen LogP contribution in [0.4, 0.5) is 0 Å². The van der Waals surface area contributed by atoms with E-state index in [1.807, 2.05) is 61.5 Å². The number of para-hydroxylation sites is 2. The lowest BCUT2D eigenvalue weighted by molar-refractivity contribution is -0.123. The van der Waals surface area contributed by atoms with E-state index in [9.17, 15) is 9.59 Å². The zero-order chi connectivity index (χ0) is 19.1. The number of benzene rings is 2. The maximum absolute atomic E-state index is 11.9. The molecule has 0 aliphatic heterocycles. The largest absolute Gasteiger partial charge is 0.353 e. The van der Waals surface area contributed by atoms with Crippen molar-refractivity contribution in [1.29, 1.82) is 0 Å². The van der Waals surface area contributed by atoms with Crippen molar-refractivity contribution < 1.29 is 9.59 Å². The first-order chi connectivity index (χ1) is 13.1. The molecule has 0 saturated carbocycles. The fraction of sp³-hybridized carbons (Fsp3) is 0.190. The number of rotatable bonds is 7. The van der Waals surface area contributed by atoms with Gasteiger partial charge in [-0.1, -0.05) is 42.5 Å². The van der Waals surface area contributed by atoms with Crippen molar-refractivity contribution in [3.8, 4) is 0 Å². The molecule has 0 spiro atoms.